The predicted molar refractivity (Wildman–Crippen MR) is 90.5 cm³/mol. The molecule has 0 amide bonds. The van der Waals surface area contributed by atoms with E-state index >= 15 is 0 Å². The van der Waals surface area contributed by atoms with Crippen molar-refractivity contribution in [1.82, 2.24) is 4.98 Å². The fourth-order valence-electron chi connectivity index (χ4n) is 2.93. The van der Waals surface area contributed by atoms with Gasteiger partial charge < -0.3 is 10.0 Å². The van der Waals surface area contributed by atoms with E-state index in [0.717, 1.165) is 28.7 Å². The standard InChI is InChI=1S/C16H22N2OS2/c1-10-11-6-8-20-12(11)5-7-18(10)15-17-14(16(2,3)4)13(9-19)21-15/h6,8,10,19H,5,7,9H2,1-4H3. The summed E-state index contributed by atoms with van der Waals surface area (Å²) >= 11 is 3.50. The van der Waals surface area contributed by atoms with Gasteiger partial charge in [0.1, 0.15) is 0 Å². The van der Waals surface area contributed by atoms with E-state index in [4.69, 9.17) is 4.98 Å². The molecule has 2 aromatic heterocycles. The lowest BCUT2D eigenvalue weighted by Gasteiger charge is -2.33. The number of aliphatic hydroxyl groups is 1. The monoisotopic (exact) mass is 322 g/mol. The van der Waals surface area contributed by atoms with Gasteiger partial charge in [-0.15, -0.1) is 11.3 Å². The number of hydrogen-bond acceptors (Lipinski definition) is 5. The maximum Gasteiger partial charge on any atom is 0.186 e. The first-order valence-corrected chi connectivity index (χ1v) is 9.05. The number of hydrogen-bond donors (Lipinski definition) is 1. The molecule has 5 heteroatoms. The molecule has 3 rings (SSSR count). The molecule has 0 fully saturated rings. The van der Waals surface area contributed by atoms with Gasteiger partial charge in [0.05, 0.1) is 23.2 Å². The van der Waals surface area contributed by atoms with Gasteiger partial charge in [0, 0.05) is 16.8 Å². The molecule has 3 nitrogen and oxygen atoms in total. The average Bonchev–Trinajstić information content (AvgIpc) is 3.04. The van der Waals surface area contributed by atoms with E-state index in [0.29, 0.717) is 6.04 Å². The van der Waals surface area contributed by atoms with Crippen LogP contribution in [0, 0.1) is 0 Å². The lowest BCUT2D eigenvalue weighted by Crippen LogP contribution is -2.33. The second kappa shape index (κ2) is 5.38. The normalized spacial score (nSPS) is 18.9. The highest BCUT2D eigenvalue weighted by Gasteiger charge is 2.30. The third-order valence-electron chi connectivity index (χ3n) is 4.06. The van der Waals surface area contributed by atoms with Gasteiger partial charge in [-0.05, 0) is 30.4 Å². The summed E-state index contributed by atoms with van der Waals surface area (Å²) in [6, 6.07) is 2.60. The lowest BCUT2D eigenvalue weighted by atomic mass is 9.91. The van der Waals surface area contributed by atoms with Crippen LogP contribution in [0.1, 0.15) is 54.7 Å². The van der Waals surface area contributed by atoms with Gasteiger partial charge >= 0.3 is 0 Å². The molecule has 0 spiro atoms. The molecule has 0 saturated heterocycles. The summed E-state index contributed by atoms with van der Waals surface area (Å²) in [6.45, 7) is 9.80. The van der Waals surface area contributed by atoms with Crippen LogP contribution in [-0.4, -0.2) is 16.6 Å². The Bertz CT molecular complexity index is 639. The van der Waals surface area contributed by atoms with Crippen molar-refractivity contribution in [3.63, 3.8) is 0 Å². The number of rotatable bonds is 2. The van der Waals surface area contributed by atoms with E-state index in [1.807, 2.05) is 11.3 Å². The average molecular weight is 322 g/mol. The molecule has 1 unspecified atom stereocenters. The minimum Gasteiger partial charge on any atom is -0.391 e. The number of nitrogens with zero attached hydrogens (tertiary/aromatic N) is 2. The molecule has 1 atom stereocenters. The summed E-state index contributed by atoms with van der Waals surface area (Å²) in [5, 5.41) is 12.9. The van der Waals surface area contributed by atoms with E-state index < -0.39 is 0 Å². The molecule has 0 aliphatic carbocycles. The van der Waals surface area contributed by atoms with Crippen LogP contribution in [0.4, 0.5) is 5.13 Å². The second-order valence-corrected chi connectivity index (χ2v) is 8.66. The smallest absolute Gasteiger partial charge is 0.186 e. The van der Waals surface area contributed by atoms with Crippen LogP contribution >= 0.6 is 22.7 Å². The third-order valence-corrected chi connectivity index (χ3v) is 6.14. The molecule has 114 valence electrons. The van der Waals surface area contributed by atoms with Crippen molar-refractivity contribution in [3.8, 4) is 0 Å². The maximum absolute atomic E-state index is 9.64. The zero-order chi connectivity index (χ0) is 15.2. The number of aromatic nitrogens is 1. The van der Waals surface area contributed by atoms with Gasteiger partial charge in [0.15, 0.2) is 5.13 Å². The number of aliphatic hydroxyl groups excluding tert-OH is 1. The Morgan fingerprint density at radius 3 is 2.81 bits per heavy atom. The first-order valence-electron chi connectivity index (χ1n) is 7.35. The Morgan fingerprint density at radius 1 is 1.43 bits per heavy atom. The summed E-state index contributed by atoms with van der Waals surface area (Å²) in [6.07, 6.45) is 1.09. The highest BCUT2D eigenvalue weighted by molar-refractivity contribution is 7.15. The Morgan fingerprint density at radius 2 is 2.19 bits per heavy atom. The Labute approximate surface area is 134 Å². The van der Waals surface area contributed by atoms with Crippen molar-refractivity contribution in [2.45, 2.75) is 52.2 Å². The first kappa shape index (κ1) is 15.0. The Kier molecular flexibility index (Phi) is 3.84. The Balaban J connectivity index is 1.97. The largest absolute Gasteiger partial charge is 0.391 e. The van der Waals surface area contributed by atoms with Crippen LogP contribution in [0.5, 0.6) is 0 Å². The summed E-state index contributed by atoms with van der Waals surface area (Å²) in [4.78, 5) is 9.76. The highest BCUT2D eigenvalue weighted by atomic mass is 32.1. The van der Waals surface area contributed by atoms with E-state index in [-0.39, 0.29) is 12.0 Å². The van der Waals surface area contributed by atoms with Gasteiger partial charge in [-0.1, -0.05) is 32.1 Å². The van der Waals surface area contributed by atoms with E-state index in [9.17, 15) is 5.11 Å². The molecule has 21 heavy (non-hydrogen) atoms. The van der Waals surface area contributed by atoms with Crippen molar-refractivity contribution in [3.05, 3.63) is 32.5 Å². The zero-order valence-corrected chi connectivity index (χ0v) is 14.6. The van der Waals surface area contributed by atoms with Crippen molar-refractivity contribution < 1.29 is 5.11 Å². The van der Waals surface area contributed by atoms with Crippen LogP contribution in [0.3, 0.4) is 0 Å². The van der Waals surface area contributed by atoms with Gasteiger partial charge in [0.2, 0.25) is 0 Å². The minimum absolute atomic E-state index is 0.0284. The molecule has 1 aliphatic heterocycles. The minimum atomic E-state index is -0.0284. The quantitative estimate of drug-likeness (QED) is 0.903. The lowest BCUT2D eigenvalue weighted by molar-refractivity contribution is 0.282. The number of thiophene rings is 1. The molecule has 0 saturated carbocycles. The first-order chi connectivity index (χ1) is 9.91. The number of fused-ring (bicyclic) bond motifs is 1. The van der Waals surface area contributed by atoms with Crippen molar-refractivity contribution in [2.75, 3.05) is 11.4 Å². The van der Waals surface area contributed by atoms with Crippen LogP contribution in [0.25, 0.3) is 0 Å². The maximum atomic E-state index is 9.64. The molecule has 1 N–H and O–H groups in total. The molecule has 2 aromatic rings. The predicted octanol–water partition coefficient (Wildman–Crippen LogP) is 4.12. The van der Waals surface area contributed by atoms with Crippen molar-refractivity contribution in [1.29, 1.82) is 0 Å². The van der Waals surface area contributed by atoms with Gasteiger partial charge in [-0.2, -0.15) is 0 Å². The summed E-state index contributed by atoms with van der Waals surface area (Å²) in [5.74, 6) is 0. The van der Waals surface area contributed by atoms with Crippen LogP contribution in [0.15, 0.2) is 11.4 Å². The zero-order valence-electron chi connectivity index (χ0n) is 13.0. The molecular formula is C16H22N2OS2. The van der Waals surface area contributed by atoms with Gasteiger partial charge in [-0.3, -0.25) is 0 Å². The van der Waals surface area contributed by atoms with Gasteiger partial charge in [-0.25, -0.2) is 4.98 Å². The van der Waals surface area contributed by atoms with Crippen molar-refractivity contribution in [2.24, 2.45) is 0 Å². The second-order valence-electron chi connectivity index (χ2n) is 6.59. The molecule has 1 aliphatic rings. The molecule has 3 heterocycles. The summed E-state index contributed by atoms with van der Waals surface area (Å²) < 4.78 is 0. The highest BCUT2D eigenvalue weighted by Crippen LogP contribution is 2.40. The van der Waals surface area contributed by atoms with E-state index in [2.05, 4.69) is 44.0 Å². The topological polar surface area (TPSA) is 36.4 Å². The fraction of sp³-hybridized carbons (Fsp3) is 0.562. The van der Waals surface area contributed by atoms with E-state index in [1.54, 1.807) is 11.3 Å². The third kappa shape index (κ3) is 2.62. The summed E-state index contributed by atoms with van der Waals surface area (Å²) in [5.41, 5.74) is 2.44. The van der Waals surface area contributed by atoms with Crippen LogP contribution in [-0.2, 0) is 18.4 Å². The SMILES string of the molecule is CC1c2ccsc2CCN1c1nc(C(C)(C)C)c(CO)s1. The Hall–Kier alpha value is -0.910. The molecule has 0 aromatic carbocycles. The molecule has 0 radical (unpaired) electrons. The van der Waals surface area contributed by atoms with Crippen molar-refractivity contribution >= 4 is 27.8 Å². The molecule has 0 bridgehead atoms. The summed E-state index contributed by atoms with van der Waals surface area (Å²) in [7, 11) is 0. The number of anilines is 1. The van der Waals surface area contributed by atoms with E-state index in [1.165, 1.54) is 10.4 Å². The van der Waals surface area contributed by atoms with Crippen LogP contribution in [0.2, 0.25) is 0 Å². The number of thiazole rings is 1. The fourth-order valence-corrected chi connectivity index (χ4v) is 5.13. The van der Waals surface area contributed by atoms with Crippen LogP contribution < -0.4 is 4.90 Å². The van der Waals surface area contributed by atoms with Gasteiger partial charge in [0.25, 0.3) is 0 Å². The molecular weight excluding hydrogens is 300 g/mol.